The first-order chi connectivity index (χ1) is 13.1. The van der Waals surface area contributed by atoms with Crippen molar-refractivity contribution in [3.63, 3.8) is 0 Å². The topological polar surface area (TPSA) is 61.4 Å². The Balaban J connectivity index is 1.66. The zero-order valence-electron chi connectivity index (χ0n) is 15.2. The van der Waals surface area contributed by atoms with Gasteiger partial charge in [0, 0.05) is 36.2 Å². The molecule has 0 spiro atoms. The van der Waals surface area contributed by atoms with Crippen LogP contribution < -0.4 is 15.5 Å². The standard InChI is InChI=1S/C21H21N3O2S/c1-3-24(2)18-11-9-15(10-12-18)20(25)22-16-6-4-7-17(14-16)23-21(26)19-8-5-13-27-19/h4-14H,3H2,1-2H3,(H,22,25)(H,23,26). The van der Waals surface area contributed by atoms with E-state index in [9.17, 15) is 9.59 Å². The van der Waals surface area contributed by atoms with Gasteiger partial charge in [0.1, 0.15) is 0 Å². The molecule has 0 unspecified atom stereocenters. The summed E-state index contributed by atoms with van der Waals surface area (Å²) in [6, 6.07) is 18.2. The highest BCUT2D eigenvalue weighted by Crippen LogP contribution is 2.19. The number of hydrogen-bond acceptors (Lipinski definition) is 4. The Bertz CT molecular complexity index is 921. The third kappa shape index (κ3) is 4.74. The van der Waals surface area contributed by atoms with E-state index in [1.807, 2.05) is 30.6 Å². The van der Waals surface area contributed by atoms with Crippen molar-refractivity contribution in [1.82, 2.24) is 0 Å². The van der Waals surface area contributed by atoms with Crippen molar-refractivity contribution in [3.05, 3.63) is 76.5 Å². The minimum atomic E-state index is -0.192. The minimum Gasteiger partial charge on any atom is -0.375 e. The Morgan fingerprint density at radius 3 is 2.19 bits per heavy atom. The van der Waals surface area contributed by atoms with Crippen LogP contribution in [0.25, 0.3) is 0 Å². The third-order valence-electron chi connectivity index (χ3n) is 4.17. The van der Waals surface area contributed by atoms with Crippen molar-refractivity contribution >= 4 is 40.2 Å². The van der Waals surface area contributed by atoms with Gasteiger partial charge in [-0.25, -0.2) is 0 Å². The lowest BCUT2D eigenvalue weighted by Gasteiger charge is -2.16. The highest BCUT2D eigenvalue weighted by atomic mass is 32.1. The molecule has 2 N–H and O–H groups in total. The van der Waals surface area contributed by atoms with E-state index in [1.165, 1.54) is 11.3 Å². The van der Waals surface area contributed by atoms with Crippen LogP contribution in [0.2, 0.25) is 0 Å². The fraction of sp³-hybridized carbons (Fsp3) is 0.143. The largest absolute Gasteiger partial charge is 0.375 e. The molecule has 1 aromatic heterocycles. The van der Waals surface area contributed by atoms with E-state index in [2.05, 4.69) is 22.5 Å². The summed E-state index contributed by atoms with van der Waals surface area (Å²) in [6.07, 6.45) is 0. The summed E-state index contributed by atoms with van der Waals surface area (Å²) >= 11 is 1.38. The summed E-state index contributed by atoms with van der Waals surface area (Å²) < 4.78 is 0. The molecule has 0 atom stereocenters. The van der Waals surface area contributed by atoms with Crippen LogP contribution in [0.4, 0.5) is 17.1 Å². The maximum Gasteiger partial charge on any atom is 0.265 e. The highest BCUT2D eigenvalue weighted by molar-refractivity contribution is 7.12. The number of nitrogens with zero attached hydrogens (tertiary/aromatic N) is 1. The Kier molecular flexibility index (Phi) is 5.88. The molecule has 6 heteroatoms. The van der Waals surface area contributed by atoms with Gasteiger partial charge >= 0.3 is 0 Å². The number of amides is 2. The van der Waals surface area contributed by atoms with Crippen molar-refractivity contribution in [3.8, 4) is 0 Å². The van der Waals surface area contributed by atoms with Gasteiger partial charge in [-0.2, -0.15) is 0 Å². The van der Waals surface area contributed by atoms with Crippen LogP contribution in [-0.4, -0.2) is 25.4 Å². The number of nitrogens with one attached hydrogen (secondary N) is 2. The number of rotatable bonds is 6. The van der Waals surface area contributed by atoms with E-state index in [4.69, 9.17) is 0 Å². The van der Waals surface area contributed by atoms with Crippen LogP contribution in [-0.2, 0) is 0 Å². The number of benzene rings is 2. The lowest BCUT2D eigenvalue weighted by atomic mass is 10.1. The van der Waals surface area contributed by atoms with Gasteiger partial charge in [0.2, 0.25) is 0 Å². The molecule has 0 radical (unpaired) electrons. The summed E-state index contributed by atoms with van der Waals surface area (Å²) in [4.78, 5) is 27.4. The van der Waals surface area contributed by atoms with Crippen LogP contribution in [0.5, 0.6) is 0 Å². The maximum atomic E-state index is 12.5. The molecule has 0 saturated heterocycles. The van der Waals surface area contributed by atoms with E-state index in [1.54, 1.807) is 42.5 Å². The molecule has 0 aliphatic rings. The van der Waals surface area contributed by atoms with Crippen LogP contribution in [0, 0.1) is 0 Å². The van der Waals surface area contributed by atoms with E-state index in [0.29, 0.717) is 21.8 Å². The van der Waals surface area contributed by atoms with Gasteiger partial charge in [0.05, 0.1) is 4.88 Å². The van der Waals surface area contributed by atoms with Crippen LogP contribution >= 0.6 is 11.3 Å². The first-order valence-electron chi connectivity index (χ1n) is 8.64. The average Bonchev–Trinajstić information content (AvgIpc) is 3.23. The summed E-state index contributed by atoms with van der Waals surface area (Å²) in [5.41, 5.74) is 2.90. The molecule has 5 nitrogen and oxygen atoms in total. The first-order valence-corrected chi connectivity index (χ1v) is 9.52. The lowest BCUT2D eigenvalue weighted by Crippen LogP contribution is -2.16. The van der Waals surface area contributed by atoms with Gasteiger partial charge in [0.15, 0.2) is 0 Å². The number of hydrogen-bond donors (Lipinski definition) is 2. The molecule has 1 heterocycles. The Labute approximate surface area is 162 Å². The molecule has 3 aromatic rings. The van der Waals surface area contributed by atoms with Crippen molar-refractivity contribution in [1.29, 1.82) is 0 Å². The van der Waals surface area contributed by atoms with Crippen molar-refractivity contribution in [2.45, 2.75) is 6.92 Å². The Morgan fingerprint density at radius 1 is 0.926 bits per heavy atom. The SMILES string of the molecule is CCN(C)c1ccc(C(=O)Nc2cccc(NC(=O)c3cccs3)c2)cc1. The molecule has 27 heavy (non-hydrogen) atoms. The monoisotopic (exact) mass is 379 g/mol. The molecular weight excluding hydrogens is 358 g/mol. The second-order valence-electron chi connectivity index (χ2n) is 6.03. The van der Waals surface area contributed by atoms with Gasteiger partial charge in [-0.05, 0) is 60.8 Å². The second kappa shape index (κ2) is 8.51. The molecule has 0 aliphatic carbocycles. The van der Waals surface area contributed by atoms with Crippen molar-refractivity contribution in [2.75, 3.05) is 29.1 Å². The Hall–Kier alpha value is -3.12. The van der Waals surface area contributed by atoms with Gasteiger partial charge in [-0.3, -0.25) is 9.59 Å². The normalized spacial score (nSPS) is 10.3. The summed E-state index contributed by atoms with van der Waals surface area (Å²) in [5, 5.41) is 7.56. The molecule has 0 aliphatic heterocycles. The number of carbonyl (C=O) groups is 2. The minimum absolute atomic E-state index is 0.163. The van der Waals surface area contributed by atoms with Gasteiger partial charge in [-0.1, -0.05) is 12.1 Å². The molecule has 0 bridgehead atoms. The van der Waals surface area contributed by atoms with Crippen molar-refractivity contribution < 1.29 is 9.59 Å². The van der Waals surface area contributed by atoms with Crippen molar-refractivity contribution in [2.24, 2.45) is 0 Å². The second-order valence-corrected chi connectivity index (χ2v) is 6.98. The highest BCUT2D eigenvalue weighted by Gasteiger charge is 2.10. The fourth-order valence-electron chi connectivity index (χ4n) is 2.53. The van der Waals surface area contributed by atoms with Gasteiger partial charge < -0.3 is 15.5 Å². The lowest BCUT2D eigenvalue weighted by molar-refractivity contribution is 0.102. The van der Waals surface area contributed by atoms with E-state index in [-0.39, 0.29) is 11.8 Å². The van der Waals surface area contributed by atoms with E-state index >= 15 is 0 Å². The zero-order chi connectivity index (χ0) is 19.2. The smallest absolute Gasteiger partial charge is 0.265 e. The maximum absolute atomic E-state index is 12.5. The summed E-state index contributed by atoms with van der Waals surface area (Å²) in [5.74, 6) is -0.355. The average molecular weight is 379 g/mol. The summed E-state index contributed by atoms with van der Waals surface area (Å²) in [6.45, 7) is 2.97. The molecule has 0 saturated carbocycles. The molecule has 0 fully saturated rings. The predicted octanol–water partition coefficient (Wildman–Crippen LogP) is 4.71. The number of anilines is 3. The molecule has 3 rings (SSSR count). The first kappa shape index (κ1) is 18.7. The molecular formula is C21H21N3O2S. The molecule has 2 aromatic carbocycles. The van der Waals surface area contributed by atoms with Crippen LogP contribution in [0.3, 0.4) is 0 Å². The zero-order valence-corrected chi connectivity index (χ0v) is 16.0. The third-order valence-corrected chi connectivity index (χ3v) is 5.04. The number of thiophene rings is 1. The predicted molar refractivity (Wildman–Crippen MR) is 112 cm³/mol. The Morgan fingerprint density at radius 2 is 1.59 bits per heavy atom. The quantitative estimate of drug-likeness (QED) is 0.652. The van der Waals surface area contributed by atoms with E-state index in [0.717, 1.165) is 12.2 Å². The summed E-state index contributed by atoms with van der Waals surface area (Å²) in [7, 11) is 2.01. The molecule has 2 amide bonds. The van der Waals surface area contributed by atoms with Gasteiger partial charge in [0.25, 0.3) is 11.8 Å². The molecule has 138 valence electrons. The van der Waals surface area contributed by atoms with Crippen LogP contribution in [0.15, 0.2) is 66.0 Å². The number of carbonyl (C=O) groups excluding carboxylic acids is 2. The van der Waals surface area contributed by atoms with Gasteiger partial charge in [-0.15, -0.1) is 11.3 Å². The van der Waals surface area contributed by atoms with Crippen LogP contribution in [0.1, 0.15) is 27.0 Å². The van der Waals surface area contributed by atoms with E-state index < -0.39 is 0 Å². The fourth-order valence-corrected chi connectivity index (χ4v) is 3.15.